The summed E-state index contributed by atoms with van der Waals surface area (Å²) in [6.45, 7) is -0.641. The van der Waals surface area contributed by atoms with Crippen molar-refractivity contribution in [3.05, 3.63) is 66.2 Å². The van der Waals surface area contributed by atoms with Gasteiger partial charge in [0, 0.05) is 5.56 Å². The van der Waals surface area contributed by atoms with Crippen LogP contribution >= 0.6 is 45.2 Å². The molecule has 0 spiro atoms. The molecule has 0 radical (unpaired) electrons. The van der Waals surface area contributed by atoms with Gasteiger partial charge in [-0.15, -0.1) is 0 Å². The van der Waals surface area contributed by atoms with Gasteiger partial charge in [-0.1, -0.05) is 18.2 Å². The lowest BCUT2D eigenvalue weighted by Crippen LogP contribution is -2.35. The number of carbonyl (C=O) groups excluding carboxylic acids is 2. The van der Waals surface area contributed by atoms with Crippen LogP contribution < -0.4 is 10.1 Å². The lowest BCUT2D eigenvalue weighted by atomic mass is 10.2. The minimum atomic E-state index is -1.28. The molecule has 3 amide bonds. The number of rotatable bonds is 6. The largest absolute Gasteiger partial charge is 0.487 e. The molecule has 150 valence electrons. The van der Waals surface area contributed by atoms with Crippen molar-refractivity contribution in [1.29, 1.82) is 0 Å². The van der Waals surface area contributed by atoms with Gasteiger partial charge in [0.05, 0.1) is 7.14 Å². The van der Waals surface area contributed by atoms with Gasteiger partial charge in [0.25, 0.3) is 5.91 Å². The third-order valence-corrected chi connectivity index (χ3v) is 5.52. The molecule has 2 aromatic rings. The SMILES string of the molecule is O=C(O)CN1C(=O)N/C(=C/c2cc(I)c(OCc3ccccc3F)c(I)c2)C1=O. The van der Waals surface area contributed by atoms with E-state index < -0.39 is 24.5 Å². The van der Waals surface area contributed by atoms with Gasteiger partial charge in [-0.05, 0) is 75.0 Å². The molecule has 0 atom stereocenters. The monoisotopic (exact) mass is 622 g/mol. The Morgan fingerprint density at radius 3 is 2.48 bits per heavy atom. The fraction of sp³-hybridized carbons (Fsp3) is 0.105. The van der Waals surface area contributed by atoms with Gasteiger partial charge in [-0.25, -0.2) is 14.1 Å². The number of carboxylic acid groups (broad SMARTS) is 1. The summed E-state index contributed by atoms with van der Waals surface area (Å²) in [5, 5.41) is 11.2. The highest BCUT2D eigenvalue weighted by molar-refractivity contribution is 14.1. The number of ether oxygens (including phenoxy) is 1. The van der Waals surface area contributed by atoms with Gasteiger partial charge in [-0.3, -0.25) is 9.59 Å². The van der Waals surface area contributed by atoms with E-state index in [4.69, 9.17) is 9.84 Å². The van der Waals surface area contributed by atoms with E-state index in [-0.39, 0.29) is 18.1 Å². The quantitative estimate of drug-likeness (QED) is 0.292. The number of halogens is 3. The first-order valence-corrected chi connectivity index (χ1v) is 10.3. The van der Waals surface area contributed by atoms with E-state index >= 15 is 0 Å². The molecule has 1 fully saturated rings. The van der Waals surface area contributed by atoms with E-state index in [0.29, 0.717) is 21.8 Å². The fourth-order valence-corrected chi connectivity index (χ4v) is 4.71. The van der Waals surface area contributed by atoms with Crippen LogP contribution in [0.4, 0.5) is 9.18 Å². The van der Waals surface area contributed by atoms with E-state index in [1.165, 1.54) is 12.1 Å². The molecule has 1 saturated heterocycles. The maximum absolute atomic E-state index is 13.8. The number of carbonyl (C=O) groups is 3. The maximum Gasteiger partial charge on any atom is 0.329 e. The second-order valence-electron chi connectivity index (χ2n) is 5.97. The summed E-state index contributed by atoms with van der Waals surface area (Å²) in [4.78, 5) is 35.4. The minimum Gasteiger partial charge on any atom is -0.487 e. The van der Waals surface area contributed by atoms with E-state index in [2.05, 4.69) is 50.5 Å². The highest BCUT2D eigenvalue weighted by Gasteiger charge is 2.34. The van der Waals surface area contributed by atoms with Gasteiger partial charge in [-0.2, -0.15) is 0 Å². The van der Waals surface area contributed by atoms with Crippen LogP contribution in [0.2, 0.25) is 0 Å². The molecule has 0 bridgehead atoms. The van der Waals surface area contributed by atoms with Crippen molar-refractivity contribution in [2.45, 2.75) is 6.61 Å². The number of hydrogen-bond acceptors (Lipinski definition) is 4. The molecule has 1 aliphatic rings. The van der Waals surface area contributed by atoms with Gasteiger partial charge in [0.1, 0.15) is 30.4 Å². The molecular weight excluding hydrogens is 609 g/mol. The number of urea groups is 1. The molecule has 2 N–H and O–H groups in total. The van der Waals surface area contributed by atoms with Gasteiger partial charge in [0.15, 0.2) is 0 Å². The first-order valence-electron chi connectivity index (χ1n) is 8.18. The Hall–Kier alpha value is -2.22. The van der Waals surface area contributed by atoms with Crippen LogP contribution in [0.1, 0.15) is 11.1 Å². The zero-order valence-electron chi connectivity index (χ0n) is 14.6. The van der Waals surface area contributed by atoms with Crippen LogP contribution in [-0.4, -0.2) is 34.5 Å². The molecule has 0 aliphatic carbocycles. The number of nitrogens with zero attached hydrogens (tertiary/aromatic N) is 1. The molecule has 3 rings (SSSR count). The Kier molecular flexibility index (Phi) is 6.72. The fourth-order valence-electron chi connectivity index (χ4n) is 2.58. The lowest BCUT2D eigenvalue weighted by Gasteiger charge is -2.12. The van der Waals surface area contributed by atoms with E-state index in [1.54, 1.807) is 30.3 Å². The highest BCUT2D eigenvalue weighted by Crippen LogP contribution is 2.31. The van der Waals surface area contributed by atoms with Crippen LogP contribution in [0, 0.1) is 13.0 Å². The molecular formula is C19H13FI2N2O5. The van der Waals surface area contributed by atoms with Crippen molar-refractivity contribution in [3.63, 3.8) is 0 Å². The van der Waals surface area contributed by atoms with E-state index in [9.17, 15) is 18.8 Å². The third-order valence-electron chi connectivity index (χ3n) is 3.92. The Balaban J connectivity index is 1.80. The number of imide groups is 1. The van der Waals surface area contributed by atoms with Crippen molar-refractivity contribution in [2.75, 3.05) is 6.54 Å². The number of carboxylic acids is 1. The first-order chi connectivity index (χ1) is 13.8. The van der Waals surface area contributed by atoms with Crippen molar-refractivity contribution >= 4 is 69.2 Å². The van der Waals surface area contributed by atoms with Crippen molar-refractivity contribution in [3.8, 4) is 5.75 Å². The summed E-state index contributed by atoms with van der Waals surface area (Å²) in [7, 11) is 0. The molecule has 0 aromatic heterocycles. The van der Waals surface area contributed by atoms with Crippen molar-refractivity contribution in [1.82, 2.24) is 10.2 Å². The summed E-state index contributed by atoms with van der Waals surface area (Å²) < 4.78 is 21.0. The van der Waals surface area contributed by atoms with Crippen LogP contribution in [0.25, 0.3) is 6.08 Å². The number of benzene rings is 2. The summed E-state index contributed by atoms with van der Waals surface area (Å²) in [5.74, 6) is -1.76. The summed E-state index contributed by atoms with van der Waals surface area (Å²) >= 11 is 4.13. The lowest BCUT2D eigenvalue weighted by molar-refractivity contribution is -0.140. The Bertz CT molecular complexity index is 1020. The van der Waals surface area contributed by atoms with Gasteiger partial charge >= 0.3 is 12.0 Å². The minimum absolute atomic E-state index is 0.0112. The highest BCUT2D eigenvalue weighted by atomic mass is 127. The van der Waals surface area contributed by atoms with Crippen LogP contribution in [0.3, 0.4) is 0 Å². The molecule has 2 aromatic carbocycles. The predicted octanol–water partition coefficient (Wildman–Crippen LogP) is 3.59. The maximum atomic E-state index is 13.8. The summed E-state index contributed by atoms with van der Waals surface area (Å²) in [6.07, 6.45) is 1.47. The Morgan fingerprint density at radius 1 is 1.21 bits per heavy atom. The third kappa shape index (κ3) is 5.04. The average molecular weight is 622 g/mol. The number of aliphatic carboxylic acids is 1. The zero-order valence-corrected chi connectivity index (χ0v) is 18.9. The van der Waals surface area contributed by atoms with Gasteiger partial charge < -0.3 is 15.2 Å². The number of hydrogen-bond donors (Lipinski definition) is 2. The first kappa shape index (κ1) is 21.5. The average Bonchev–Trinajstić information content (AvgIpc) is 2.89. The molecule has 29 heavy (non-hydrogen) atoms. The Morgan fingerprint density at radius 2 is 1.86 bits per heavy atom. The second kappa shape index (κ2) is 9.07. The normalized spacial score (nSPS) is 15.0. The number of amides is 3. The summed E-state index contributed by atoms with van der Waals surface area (Å²) in [5.41, 5.74) is 1.05. The van der Waals surface area contributed by atoms with Crippen LogP contribution in [-0.2, 0) is 16.2 Å². The van der Waals surface area contributed by atoms with Crippen molar-refractivity contribution in [2.24, 2.45) is 0 Å². The molecule has 0 saturated carbocycles. The topological polar surface area (TPSA) is 95.9 Å². The van der Waals surface area contributed by atoms with E-state index in [0.717, 1.165) is 7.14 Å². The Labute approximate surface area is 192 Å². The van der Waals surface area contributed by atoms with Crippen molar-refractivity contribution < 1.29 is 28.6 Å². The van der Waals surface area contributed by atoms with Crippen LogP contribution in [0.15, 0.2) is 42.1 Å². The zero-order chi connectivity index (χ0) is 21.1. The number of nitrogens with one attached hydrogen (secondary N) is 1. The second-order valence-corrected chi connectivity index (χ2v) is 8.29. The van der Waals surface area contributed by atoms with Crippen LogP contribution in [0.5, 0.6) is 5.75 Å². The molecule has 10 heteroatoms. The summed E-state index contributed by atoms with van der Waals surface area (Å²) in [6, 6.07) is 9.05. The molecule has 7 nitrogen and oxygen atoms in total. The standard InChI is InChI=1S/C19H13FI2N2O5/c20-12-4-2-1-3-11(12)9-29-17-13(21)5-10(6-14(17)22)7-15-18(27)24(8-16(25)26)19(28)23-15/h1-7H,8-9H2,(H,23,28)(H,25,26)/b15-7+. The predicted molar refractivity (Wildman–Crippen MR) is 118 cm³/mol. The molecule has 1 heterocycles. The van der Waals surface area contributed by atoms with Gasteiger partial charge in [0.2, 0.25) is 0 Å². The molecule has 1 aliphatic heterocycles. The van der Waals surface area contributed by atoms with E-state index in [1.807, 2.05) is 0 Å². The smallest absolute Gasteiger partial charge is 0.329 e. The molecule has 0 unspecified atom stereocenters.